The summed E-state index contributed by atoms with van der Waals surface area (Å²) in [5.41, 5.74) is 1.05. The number of ether oxygens (including phenoxy) is 1. The molecular formula is C19H21NO4. The molecule has 0 atom stereocenters. The molecular weight excluding hydrogens is 306 g/mol. The summed E-state index contributed by atoms with van der Waals surface area (Å²) in [7, 11) is 0. The Kier molecular flexibility index (Phi) is 5.95. The molecule has 0 aliphatic carbocycles. The summed E-state index contributed by atoms with van der Waals surface area (Å²) in [4.78, 5) is 26.0. The van der Waals surface area contributed by atoms with Crippen molar-refractivity contribution in [3.63, 3.8) is 0 Å². The van der Waals surface area contributed by atoms with Crippen LogP contribution in [0.5, 0.6) is 5.75 Å². The smallest absolute Gasteiger partial charge is 0.342 e. The van der Waals surface area contributed by atoms with Crippen molar-refractivity contribution in [2.24, 2.45) is 0 Å². The summed E-state index contributed by atoms with van der Waals surface area (Å²) >= 11 is 0. The lowest BCUT2D eigenvalue weighted by Gasteiger charge is -2.26. The van der Waals surface area contributed by atoms with E-state index in [1.54, 1.807) is 17.0 Å². The fourth-order valence-electron chi connectivity index (χ4n) is 2.27. The maximum atomic E-state index is 12.4. The first kappa shape index (κ1) is 17.5. The number of amides is 1. The largest absolute Gasteiger partial charge is 0.507 e. The number of phenolic OH excluding ortho intramolecular Hbond substituents is 1. The van der Waals surface area contributed by atoms with E-state index in [1.165, 1.54) is 12.1 Å². The first-order valence-corrected chi connectivity index (χ1v) is 7.77. The van der Waals surface area contributed by atoms with Gasteiger partial charge in [-0.25, -0.2) is 4.79 Å². The predicted octanol–water partition coefficient (Wildman–Crippen LogP) is 2.99. The summed E-state index contributed by atoms with van der Waals surface area (Å²) in [6.45, 7) is 3.90. The van der Waals surface area contributed by atoms with Gasteiger partial charge in [-0.3, -0.25) is 4.79 Å². The Labute approximate surface area is 141 Å². The predicted molar refractivity (Wildman–Crippen MR) is 90.5 cm³/mol. The van der Waals surface area contributed by atoms with Crippen molar-refractivity contribution in [1.29, 1.82) is 0 Å². The average molecular weight is 327 g/mol. The van der Waals surface area contributed by atoms with Crippen LogP contribution in [0.4, 0.5) is 0 Å². The molecule has 0 heterocycles. The third-order valence-corrected chi connectivity index (χ3v) is 3.59. The van der Waals surface area contributed by atoms with Gasteiger partial charge in [-0.2, -0.15) is 0 Å². The molecule has 5 nitrogen and oxygen atoms in total. The highest BCUT2D eigenvalue weighted by Crippen LogP contribution is 2.17. The second kappa shape index (κ2) is 8.15. The lowest BCUT2D eigenvalue weighted by molar-refractivity contribution is -0.136. The first-order valence-electron chi connectivity index (χ1n) is 7.77. The molecule has 0 spiro atoms. The Morgan fingerprint density at radius 3 is 2.29 bits per heavy atom. The lowest BCUT2D eigenvalue weighted by atomic mass is 10.2. The van der Waals surface area contributed by atoms with E-state index in [-0.39, 0.29) is 29.9 Å². The molecule has 0 bridgehead atoms. The number of para-hydroxylation sites is 1. The van der Waals surface area contributed by atoms with Gasteiger partial charge in [-0.05, 0) is 31.5 Å². The molecule has 24 heavy (non-hydrogen) atoms. The molecule has 0 unspecified atom stereocenters. The highest BCUT2D eigenvalue weighted by Gasteiger charge is 2.20. The number of aromatic hydroxyl groups is 1. The maximum Gasteiger partial charge on any atom is 0.342 e. The normalized spacial score (nSPS) is 10.5. The van der Waals surface area contributed by atoms with Crippen molar-refractivity contribution in [2.45, 2.75) is 26.4 Å². The number of esters is 1. The number of rotatable bonds is 6. The van der Waals surface area contributed by atoms with Gasteiger partial charge in [0.25, 0.3) is 5.91 Å². The van der Waals surface area contributed by atoms with E-state index in [2.05, 4.69) is 0 Å². The zero-order valence-corrected chi connectivity index (χ0v) is 13.8. The van der Waals surface area contributed by atoms with Crippen molar-refractivity contribution >= 4 is 11.9 Å². The van der Waals surface area contributed by atoms with Gasteiger partial charge in [-0.15, -0.1) is 0 Å². The number of hydrogen-bond acceptors (Lipinski definition) is 4. The molecule has 2 rings (SSSR count). The van der Waals surface area contributed by atoms with E-state index >= 15 is 0 Å². The number of hydrogen-bond donors (Lipinski definition) is 1. The van der Waals surface area contributed by atoms with Gasteiger partial charge < -0.3 is 14.7 Å². The molecule has 2 aromatic rings. The van der Waals surface area contributed by atoms with E-state index in [1.807, 2.05) is 44.2 Å². The molecule has 0 radical (unpaired) electrons. The van der Waals surface area contributed by atoms with Crippen LogP contribution in [-0.4, -0.2) is 34.5 Å². The fraction of sp³-hybridized carbons (Fsp3) is 0.263. The third kappa shape index (κ3) is 4.59. The summed E-state index contributed by atoms with van der Waals surface area (Å²) in [5.74, 6) is -1.16. The van der Waals surface area contributed by atoms with Crippen LogP contribution < -0.4 is 0 Å². The van der Waals surface area contributed by atoms with Crippen LogP contribution in [0.2, 0.25) is 0 Å². The van der Waals surface area contributed by atoms with Crippen LogP contribution in [0.3, 0.4) is 0 Å². The van der Waals surface area contributed by atoms with Gasteiger partial charge in [0.1, 0.15) is 11.3 Å². The SMILES string of the molecule is CC(C)N(Cc1ccccc1)C(=O)COC(=O)c1ccccc1O. The molecule has 0 aromatic heterocycles. The topological polar surface area (TPSA) is 66.8 Å². The van der Waals surface area contributed by atoms with E-state index in [4.69, 9.17) is 4.74 Å². The lowest BCUT2D eigenvalue weighted by Crippen LogP contribution is -2.39. The summed E-state index contributed by atoms with van der Waals surface area (Å²) in [6.07, 6.45) is 0. The quantitative estimate of drug-likeness (QED) is 0.828. The van der Waals surface area contributed by atoms with Gasteiger partial charge >= 0.3 is 5.97 Å². The van der Waals surface area contributed by atoms with Gasteiger partial charge in [0.2, 0.25) is 0 Å². The van der Waals surface area contributed by atoms with Gasteiger partial charge in [0.05, 0.1) is 0 Å². The second-order valence-electron chi connectivity index (χ2n) is 5.69. The molecule has 126 valence electrons. The zero-order valence-electron chi connectivity index (χ0n) is 13.8. The Morgan fingerprint density at radius 1 is 1.04 bits per heavy atom. The second-order valence-corrected chi connectivity index (χ2v) is 5.69. The number of carbonyl (C=O) groups excluding carboxylic acids is 2. The molecule has 2 aromatic carbocycles. The Bertz CT molecular complexity index is 698. The number of benzene rings is 2. The Hall–Kier alpha value is -2.82. The van der Waals surface area contributed by atoms with Gasteiger partial charge in [0, 0.05) is 12.6 Å². The minimum Gasteiger partial charge on any atom is -0.507 e. The minimum atomic E-state index is -0.718. The molecule has 0 aliphatic heterocycles. The average Bonchev–Trinajstić information content (AvgIpc) is 2.58. The summed E-state index contributed by atoms with van der Waals surface area (Å²) < 4.78 is 5.05. The molecule has 0 saturated heterocycles. The maximum absolute atomic E-state index is 12.4. The molecule has 1 N–H and O–H groups in total. The Morgan fingerprint density at radius 2 is 1.67 bits per heavy atom. The standard InChI is InChI=1S/C19H21NO4/c1-14(2)20(12-15-8-4-3-5-9-15)18(22)13-24-19(23)16-10-6-7-11-17(16)21/h3-11,14,21H,12-13H2,1-2H3. The number of carbonyl (C=O) groups is 2. The van der Waals surface area contributed by atoms with E-state index < -0.39 is 5.97 Å². The van der Waals surface area contributed by atoms with Crippen LogP contribution in [-0.2, 0) is 16.1 Å². The summed E-state index contributed by atoms with van der Waals surface area (Å²) in [6, 6.07) is 15.7. The number of phenols is 1. The van der Waals surface area contributed by atoms with Crippen molar-refractivity contribution in [3.05, 3.63) is 65.7 Å². The summed E-state index contributed by atoms with van der Waals surface area (Å²) in [5, 5.41) is 9.64. The van der Waals surface area contributed by atoms with Gasteiger partial charge in [0.15, 0.2) is 6.61 Å². The third-order valence-electron chi connectivity index (χ3n) is 3.59. The monoisotopic (exact) mass is 327 g/mol. The van der Waals surface area contributed by atoms with E-state index in [9.17, 15) is 14.7 Å². The first-order chi connectivity index (χ1) is 11.5. The van der Waals surface area contributed by atoms with Crippen LogP contribution >= 0.6 is 0 Å². The van der Waals surface area contributed by atoms with Crippen molar-refractivity contribution < 1.29 is 19.4 Å². The minimum absolute atomic E-state index is 0.0264. The van der Waals surface area contributed by atoms with Crippen molar-refractivity contribution in [1.82, 2.24) is 4.90 Å². The fourth-order valence-corrected chi connectivity index (χ4v) is 2.27. The van der Waals surface area contributed by atoms with Crippen LogP contribution in [0.15, 0.2) is 54.6 Å². The zero-order chi connectivity index (χ0) is 17.5. The molecule has 0 saturated carbocycles. The van der Waals surface area contributed by atoms with E-state index in [0.29, 0.717) is 6.54 Å². The molecule has 0 aliphatic rings. The number of nitrogens with zero attached hydrogens (tertiary/aromatic N) is 1. The highest BCUT2D eigenvalue weighted by molar-refractivity contribution is 5.93. The van der Waals surface area contributed by atoms with Crippen LogP contribution in [0.1, 0.15) is 29.8 Å². The van der Waals surface area contributed by atoms with Crippen LogP contribution in [0.25, 0.3) is 0 Å². The van der Waals surface area contributed by atoms with Crippen molar-refractivity contribution in [2.75, 3.05) is 6.61 Å². The molecule has 1 amide bonds. The van der Waals surface area contributed by atoms with Crippen molar-refractivity contribution in [3.8, 4) is 5.75 Å². The molecule has 5 heteroatoms. The Balaban J connectivity index is 1.98. The van der Waals surface area contributed by atoms with Crippen LogP contribution in [0, 0.1) is 0 Å². The van der Waals surface area contributed by atoms with Gasteiger partial charge in [-0.1, -0.05) is 42.5 Å². The van der Waals surface area contributed by atoms with E-state index in [0.717, 1.165) is 5.56 Å². The highest BCUT2D eigenvalue weighted by atomic mass is 16.5. The molecule has 0 fully saturated rings.